The zero-order valence-electron chi connectivity index (χ0n) is 17.4. The molecular formula is C24H35NO2. The van der Waals surface area contributed by atoms with Gasteiger partial charge in [0.25, 0.3) is 0 Å². The predicted molar refractivity (Wildman–Crippen MR) is 114 cm³/mol. The summed E-state index contributed by atoms with van der Waals surface area (Å²) in [6.45, 7) is 9.38. The Morgan fingerprint density at radius 3 is 1.96 bits per heavy atom. The second kappa shape index (κ2) is 14.0. The number of nitrogens with zero attached hydrogens (tertiary/aromatic N) is 1. The van der Waals surface area contributed by atoms with E-state index in [0.717, 1.165) is 32.5 Å². The van der Waals surface area contributed by atoms with Gasteiger partial charge in [-0.1, -0.05) is 81.4 Å². The maximum Gasteiger partial charge on any atom is 0.305 e. The van der Waals surface area contributed by atoms with Crippen LogP contribution in [-0.4, -0.2) is 31.1 Å². The molecule has 1 atom stereocenters. The summed E-state index contributed by atoms with van der Waals surface area (Å²) in [5.74, 6) is 0.200. The molecule has 0 N–H and O–H groups in total. The largest absolute Gasteiger partial charge is 0.469 e. The molecule has 0 bridgehead atoms. The van der Waals surface area contributed by atoms with Crippen molar-refractivity contribution < 1.29 is 9.53 Å². The van der Waals surface area contributed by atoms with Crippen molar-refractivity contribution in [2.45, 2.75) is 46.6 Å². The molecule has 0 saturated heterocycles. The SMILES string of the molecule is CCCN(Cc1ccccc1)CC(C)CC(=O)OC.CCc1ccccc1. The van der Waals surface area contributed by atoms with Crippen molar-refractivity contribution in [3.05, 3.63) is 71.8 Å². The zero-order valence-corrected chi connectivity index (χ0v) is 17.4. The van der Waals surface area contributed by atoms with Crippen molar-refractivity contribution in [3.8, 4) is 0 Å². The van der Waals surface area contributed by atoms with Gasteiger partial charge in [0.2, 0.25) is 0 Å². The first-order valence-corrected chi connectivity index (χ1v) is 9.96. The minimum atomic E-state index is -0.122. The summed E-state index contributed by atoms with van der Waals surface area (Å²) in [6.07, 6.45) is 2.75. The Morgan fingerprint density at radius 1 is 0.963 bits per heavy atom. The van der Waals surface area contributed by atoms with Gasteiger partial charge >= 0.3 is 5.97 Å². The summed E-state index contributed by atoms with van der Waals surface area (Å²) in [6, 6.07) is 20.9. The van der Waals surface area contributed by atoms with Crippen molar-refractivity contribution in [1.29, 1.82) is 0 Å². The number of carbonyl (C=O) groups excluding carboxylic acids is 1. The minimum Gasteiger partial charge on any atom is -0.469 e. The Bertz CT molecular complexity index is 613. The number of methoxy groups -OCH3 is 1. The van der Waals surface area contributed by atoms with Crippen molar-refractivity contribution >= 4 is 5.97 Å². The van der Waals surface area contributed by atoms with Crippen molar-refractivity contribution in [2.24, 2.45) is 5.92 Å². The van der Waals surface area contributed by atoms with Crippen LogP contribution in [-0.2, 0) is 22.5 Å². The van der Waals surface area contributed by atoms with Crippen molar-refractivity contribution in [2.75, 3.05) is 20.2 Å². The fourth-order valence-corrected chi connectivity index (χ4v) is 2.98. The molecule has 0 aliphatic carbocycles. The molecule has 2 aromatic carbocycles. The number of ether oxygens (including phenoxy) is 1. The van der Waals surface area contributed by atoms with Gasteiger partial charge in [-0.3, -0.25) is 9.69 Å². The van der Waals surface area contributed by atoms with E-state index in [9.17, 15) is 4.79 Å². The topological polar surface area (TPSA) is 29.5 Å². The first kappa shape index (κ1) is 22.9. The Hall–Kier alpha value is -2.13. The average molecular weight is 370 g/mol. The molecule has 1 unspecified atom stereocenters. The van der Waals surface area contributed by atoms with Gasteiger partial charge < -0.3 is 4.74 Å². The molecule has 0 fully saturated rings. The lowest BCUT2D eigenvalue weighted by Gasteiger charge is -2.25. The average Bonchev–Trinajstić information content (AvgIpc) is 2.70. The van der Waals surface area contributed by atoms with Gasteiger partial charge in [0.1, 0.15) is 0 Å². The third-order valence-electron chi connectivity index (χ3n) is 4.35. The van der Waals surface area contributed by atoms with E-state index in [-0.39, 0.29) is 5.97 Å². The summed E-state index contributed by atoms with van der Waals surface area (Å²) in [5.41, 5.74) is 2.73. The fourth-order valence-electron chi connectivity index (χ4n) is 2.98. The Balaban J connectivity index is 0.000000377. The third kappa shape index (κ3) is 10.6. The lowest BCUT2D eigenvalue weighted by molar-refractivity contribution is -0.141. The third-order valence-corrected chi connectivity index (χ3v) is 4.35. The van der Waals surface area contributed by atoms with Gasteiger partial charge in [-0.05, 0) is 36.4 Å². The summed E-state index contributed by atoms with van der Waals surface area (Å²) in [7, 11) is 1.45. The molecule has 3 heteroatoms. The van der Waals surface area contributed by atoms with Crippen molar-refractivity contribution in [3.63, 3.8) is 0 Å². The van der Waals surface area contributed by atoms with Crippen LogP contribution in [0.1, 0.15) is 44.7 Å². The number of carbonyl (C=O) groups is 1. The molecule has 0 aliphatic heterocycles. The van der Waals surface area contributed by atoms with Crippen LogP contribution in [0, 0.1) is 5.92 Å². The van der Waals surface area contributed by atoms with E-state index in [1.165, 1.54) is 18.2 Å². The highest BCUT2D eigenvalue weighted by Gasteiger charge is 2.14. The highest BCUT2D eigenvalue weighted by molar-refractivity contribution is 5.69. The monoisotopic (exact) mass is 369 g/mol. The number of hydrogen-bond acceptors (Lipinski definition) is 3. The molecule has 27 heavy (non-hydrogen) atoms. The summed E-state index contributed by atoms with van der Waals surface area (Å²) < 4.78 is 4.72. The lowest BCUT2D eigenvalue weighted by Crippen LogP contribution is -2.30. The van der Waals surface area contributed by atoms with Gasteiger partial charge in [0.05, 0.1) is 7.11 Å². The fraction of sp³-hybridized carbons (Fsp3) is 0.458. The van der Waals surface area contributed by atoms with Gasteiger partial charge in [-0.2, -0.15) is 0 Å². The van der Waals surface area contributed by atoms with Crippen LogP contribution in [0.25, 0.3) is 0 Å². The molecule has 0 aromatic heterocycles. The summed E-state index contributed by atoms with van der Waals surface area (Å²) in [4.78, 5) is 13.7. The molecule has 3 nitrogen and oxygen atoms in total. The number of rotatable bonds is 9. The quantitative estimate of drug-likeness (QED) is 0.558. The highest BCUT2D eigenvalue weighted by Crippen LogP contribution is 2.11. The molecule has 0 amide bonds. The van der Waals surface area contributed by atoms with E-state index in [2.05, 4.69) is 74.2 Å². The van der Waals surface area contributed by atoms with Crippen LogP contribution in [0.15, 0.2) is 60.7 Å². The van der Waals surface area contributed by atoms with E-state index in [1.807, 2.05) is 12.1 Å². The van der Waals surface area contributed by atoms with Crippen LogP contribution < -0.4 is 0 Å². The van der Waals surface area contributed by atoms with Crippen LogP contribution in [0.5, 0.6) is 0 Å². The van der Waals surface area contributed by atoms with E-state index < -0.39 is 0 Å². The lowest BCUT2D eigenvalue weighted by atomic mass is 10.1. The maximum atomic E-state index is 11.3. The number of hydrogen-bond donors (Lipinski definition) is 0. The second-order valence-electron chi connectivity index (χ2n) is 6.95. The van der Waals surface area contributed by atoms with Crippen LogP contribution >= 0.6 is 0 Å². The summed E-state index contributed by atoms with van der Waals surface area (Å²) >= 11 is 0. The highest BCUT2D eigenvalue weighted by atomic mass is 16.5. The molecule has 0 aliphatic rings. The number of benzene rings is 2. The molecular weight excluding hydrogens is 334 g/mol. The van der Waals surface area contributed by atoms with E-state index in [0.29, 0.717) is 12.3 Å². The number of aryl methyl sites for hydroxylation is 1. The minimum absolute atomic E-state index is 0.122. The molecule has 0 heterocycles. The smallest absolute Gasteiger partial charge is 0.305 e. The maximum absolute atomic E-state index is 11.3. The van der Waals surface area contributed by atoms with E-state index in [1.54, 1.807) is 0 Å². The normalized spacial score (nSPS) is 11.4. The van der Waals surface area contributed by atoms with Gasteiger partial charge in [0.15, 0.2) is 0 Å². The Labute approximate surface area is 165 Å². The second-order valence-corrected chi connectivity index (χ2v) is 6.95. The van der Waals surface area contributed by atoms with Gasteiger partial charge in [-0.15, -0.1) is 0 Å². The molecule has 0 spiro atoms. The molecule has 148 valence electrons. The molecule has 0 radical (unpaired) electrons. The van der Waals surface area contributed by atoms with E-state index >= 15 is 0 Å². The van der Waals surface area contributed by atoms with Crippen LogP contribution in [0.4, 0.5) is 0 Å². The first-order chi connectivity index (χ1) is 13.1. The predicted octanol–water partition coefficient (Wildman–Crippen LogP) is 5.35. The van der Waals surface area contributed by atoms with Gasteiger partial charge in [-0.25, -0.2) is 0 Å². The van der Waals surface area contributed by atoms with Crippen LogP contribution in [0.2, 0.25) is 0 Å². The van der Waals surface area contributed by atoms with E-state index in [4.69, 9.17) is 4.74 Å². The Morgan fingerprint density at radius 2 is 1.52 bits per heavy atom. The molecule has 2 aromatic rings. The van der Waals surface area contributed by atoms with Gasteiger partial charge in [0, 0.05) is 19.5 Å². The molecule has 2 rings (SSSR count). The van der Waals surface area contributed by atoms with Crippen molar-refractivity contribution in [1.82, 2.24) is 4.90 Å². The standard InChI is InChI=1S/C16H25NO2.C8H10/c1-4-10-17(12-14(2)11-16(18)19-3)13-15-8-6-5-7-9-15;1-2-8-6-4-3-5-7-8/h5-9,14H,4,10-13H2,1-3H3;3-7H,2H2,1H3. The first-order valence-electron chi connectivity index (χ1n) is 9.96. The number of esters is 1. The zero-order chi connectivity index (χ0) is 19.9. The summed E-state index contributed by atoms with van der Waals surface area (Å²) in [5, 5.41) is 0. The Kier molecular flexibility index (Phi) is 11.9. The molecule has 0 saturated carbocycles. The van der Waals surface area contributed by atoms with Crippen LogP contribution in [0.3, 0.4) is 0 Å².